The summed E-state index contributed by atoms with van der Waals surface area (Å²) in [6.45, 7) is 2.07. The summed E-state index contributed by atoms with van der Waals surface area (Å²) in [6, 6.07) is -0.179. The third-order valence-corrected chi connectivity index (χ3v) is 3.57. The van der Waals surface area contributed by atoms with Crippen LogP contribution in [0.5, 0.6) is 0 Å². The molecule has 0 saturated heterocycles. The summed E-state index contributed by atoms with van der Waals surface area (Å²) < 4.78 is 35.7. The van der Waals surface area contributed by atoms with Crippen molar-refractivity contribution in [2.24, 2.45) is 17.6 Å². The lowest BCUT2D eigenvalue weighted by Gasteiger charge is -2.32. The van der Waals surface area contributed by atoms with Crippen molar-refractivity contribution >= 4 is 5.91 Å². The number of nitrogens with one attached hydrogen (secondary N) is 1. The molecule has 0 radical (unpaired) electrons. The van der Waals surface area contributed by atoms with Crippen molar-refractivity contribution in [1.82, 2.24) is 5.32 Å². The summed E-state index contributed by atoms with van der Waals surface area (Å²) >= 11 is 0. The van der Waals surface area contributed by atoms with Gasteiger partial charge in [0.15, 0.2) is 0 Å². The smallest absolute Gasteiger partial charge is 0.356 e. The molecule has 0 aliphatic heterocycles. The van der Waals surface area contributed by atoms with Crippen LogP contribution >= 0.6 is 0 Å². The quantitative estimate of drug-likeness (QED) is 0.766. The molecule has 0 aromatic heterocycles. The summed E-state index contributed by atoms with van der Waals surface area (Å²) in [7, 11) is 0. The van der Waals surface area contributed by atoms with Gasteiger partial charge in [0, 0.05) is 19.0 Å². The number of halogens is 3. The first-order valence-corrected chi connectivity index (χ1v) is 6.41. The van der Waals surface area contributed by atoms with Crippen molar-refractivity contribution in [3.63, 3.8) is 0 Å². The zero-order chi connectivity index (χ0) is 13.8. The predicted molar refractivity (Wildman–Crippen MR) is 62.8 cm³/mol. The molecule has 3 N–H and O–H groups in total. The van der Waals surface area contributed by atoms with Crippen molar-refractivity contribution in [2.75, 3.05) is 6.54 Å². The average Bonchev–Trinajstić information content (AvgIpc) is 2.26. The molecule has 1 saturated carbocycles. The predicted octanol–water partition coefficient (Wildman–Crippen LogP) is 2.21. The van der Waals surface area contributed by atoms with Gasteiger partial charge in [0.1, 0.15) is 0 Å². The van der Waals surface area contributed by atoms with Crippen LogP contribution in [0.2, 0.25) is 0 Å². The van der Waals surface area contributed by atoms with E-state index in [1.54, 1.807) is 0 Å². The minimum atomic E-state index is -4.15. The Hall–Kier alpha value is -0.780. The molecule has 3 atom stereocenters. The van der Waals surface area contributed by atoms with Gasteiger partial charge in [-0.05, 0) is 25.2 Å². The van der Waals surface area contributed by atoms with Crippen LogP contribution in [-0.4, -0.2) is 24.7 Å². The van der Waals surface area contributed by atoms with Gasteiger partial charge in [-0.2, -0.15) is 13.2 Å². The summed E-state index contributed by atoms with van der Waals surface area (Å²) in [5, 5.41) is 2.56. The van der Waals surface area contributed by atoms with Gasteiger partial charge in [0.25, 0.3) is 0 Å². The lowest BCUT2D eigenvalue weighted by Crippen LogP contribution is -2.47. The zero-order valence-corrected chi connectivity index (χ0v) is 10.6. The van der Waals surface area contributed by atoms with Crippen molar-refractivity contribution in [1.29, 1.82) is 0 Å². The minimum Gasteiger partial charge on any atom is -0.356 e. The Labute approximate surface area is 105 Å². The Bertz CT molecular complexity index is 281. The highest BCUT2D eigenvalue weighted by atomic mass is 19.4. The summed E-state index contributed by atoms with van der Waals surface area (Å²) in [5.41, 5.74) is 5.96. The summed E-state index contributed by atoms with van der Waals surface area (Å²) in [6.07, 6.45) is -2.39. The van der Waals surface area contributed by atoms with E-state index in [2.05, 4.69) is 5.32 Å². The normalized spacial score (nSPS) is 29.1. The first-order valence-electron chi connectivity index (χ1n) is 6.41. The highest BCUT2D eigenvalue weighted by Crippen LogP contribution is 2.28. The second-order valence-corrected chi connectivity index (χ2v) is 5.10. The molecule has 0 bridgehead atoms. The molecule has 18 heavy (non-hydrogen) atoms. The van der Waals surface area contributed by atoms with Gasteiger partial charge >= 0.3 is 6.18 Å². The van der Waals surface area contributed by atoms with E-state index in [1.165, 1.54) is 0 Å². The molecular formula is C12H21F3N2O. The van der Waals surface area contributed by atoms with Gasteiger partial charge in [0.05, 0.1) is 5.92 Å². The first-order chi connectivity index (χ1) is 8.31. The third-order valence-electron chi connectivity index (χ3n) is 3.57. The van der Waals surface area contributed by atoms with Gasteiger partial charge < -0.3 is 11.1 Å². The number of nitrogens with two attached hydrogens (primary N) is 1. The van der Waals surface area contributed by atoms with Crippen molar-refractivity contribution in [3.8, 4) is 0 Å². The van der Waals surface area contributed by atoms with Crippen LogP contribution in [0.3, 0.4) is 0 Å². The fraction of sp³-hybridized carbons (Fsp3) is 0.917. The lowest BCUT2D eigenvalue weighted by atomic mass is 9.78. The summed E-state index contributed by atoms with van der Waals surface area (Å²) in [4.78, 5) is 11.8. The summed E-state index contributed by atoms with van der Waals surface area (Å²) in [5.74, 6) is -0.152. The zero-order valence-electron chi connectivity index (χ0n) is 10.6. The van der Waals surface area contributed by atoms with Crippen LogP contribution in [0.15, 0.2) is 0 Å². The fourth-order valence-electron chi connectivity index (χ4n) is 2.38. The molecule has 1 rings (SSSR count). The largest absolute Gasteiger partial charge is 0.389 e. The maximum atomic E-state index is 11.9. The van der Waals surface area contributed by atoms with Crippen LogP contribution in [0.25, 0.3) is 0 Å². The van der Waals surface area contributed by atoms with Crippen molar-refractivity contribution in [2.45, 2.75) is 51.2 Å². The molecule has 106 valence electrons. The molecular weight excluding hydrogens is 245 g/mol. The fourth-order valence-corrected chi connectivity index (χ4v) is 2.38. The Morgan fingerprint density at radius 1 is 1.39 bits per heavy atom. The highest BCUT2D eigenvalue weighted by molar-refractivity contribution is 5.79. The third kappa shape index (κ3) is 4.84. The van der Waals surface area contributed by atoms with E-state index in [4.69, 9.17) is 5.73 Å². The topological polar surface area (TPSA) is 55.1 Å². The molecule has 1 amide bonds. The molecule has 1 aliphatic rings. The van der Waals surface area contributed by atoms with Gasteiger partial charge in [0.2, 0.25) is 5.91 Å². The van der Waals surface area contributed by atoms with E-state index in [9.17, 15) is 18.0 Å². The van der Waals surface area contributed by atoms with E-state index in [-0.39, 0.29) is 30.8 Å². The Morgan fingerprint density at radius 3 is 2.67 bits per heavy atom. The number of alkyl halides is 3. The second-order valence-electron chi connectivity index (χ2n) is 5.10. The number of hydrogen-bond donors (Lipinski definition) is 2. The standard InChI is InChI=1S/C12H21F3N2O/c1-8-4-2-5-9(10(8)16)11(18)17-7-3-6-12(13,14)15/h8-10H,2-7,16H2,1H3,(H,17,18). The molecule has 3 unspecified atom stereocenters. The van der Waals surface area contributed by atoms with E-state index in [1.807, 2.05) is 6.92 Å². The van der Waals surface area contributed by atoms with Crippen LogP contribution < -0.4 is 11.1 Å². The SMILES string of the molecule is CC1CCCC(C(=O)NCCCC(F)(F)F)C1N. The number of carbonyl (C=O) groups is 1. The van der Waals surface area contributed by atoms with Crippen molar-refractivity contribution < 1.29 is 18.0 Å². The second kappa shape index (κ2) is 6.41. The van der Waals surface area contributed by atoms with Crippen LogP contribution in [0.1, 0.15) is 39.0 Å². The Balaban J connectivity index is 2.28. The maximum absolute atomic E-state index is 11.9. The minimum absolute atomic E-state index is 0.0654. The number of rotatable bonds is 4. The molecule has 0 aromatic carbocycles. The van der Waals surface area contributed by atoms with Crippen LogP contribution in [0, 0.1) is 11.8 Å². The monoisotopic (exact) mass is 266 g/mol. The molecule has 0 heterocycles. The highest BCUT2D eigenvalue weighted by Gasteiger charge is 2.32. The van der Waals surface area contributed by atoms with E-state index >= 15 is 0 Å². The lowest BCUT2D eigenvalue weighted by molar-refractivity contribution is -0.137. The van der Waals surface area contributed by atoms with E-state index in [0.717, 1.165) is 19.3 Å². The van der Waals surface area contributed by atoms with Crippen LogP contribution in [-0.2, 0) is 4.79 Å². The molecule has 1 aliphatic carbocycles. The number of amides is 1. The molecule has 0 spiro atoms. The Kier molecular flexibility index (Phi) is 5.44. The van der Waals surface area contributed by atoms with E-state index < -0.39 is 12.6 Å². The molecule has 1 fully saturated rings. The van der Waals surface area contributed by atoms with Gasteiger partial charge in [-0.15, -0.1) is 0 Å². The van der Waals surface area contributed by atoms with Crippen LogP contribution in [0.4, 0.5) is 13.2 Å². The Morgan fingerprint density at radius 2 is 2.06 bits per heavy atom. The molecule has 3 nitrogen and oxygen atoms in total. The maximum Gasteiger partial charge on any atom is 0.389 e. The number of carbonyl (C=O) groups excluding carboxylic acids is 1. The number of hydrogen-bond acceptors (Lipinski definition) is 2. The van der Waals surface area contributed by atoms with Gasteiger partial charge in [-0.3, -0.25) is 4.79 Å². The first kappa shape index (κ1) is 15.3. The van der Waals surface area contributed by atoms with Gasteiger partial charge in [-0.25, -0.2) is 0 Å². The molecule has 0 aromatic rings. The van der Waals surface area contributed by atoms with E-state index in [0.29, 0.717) is 5.92 Å². The molecule has 6 heteroatoms. The van der Waals surface area contributed by atoms with Gasteiger partial charge in [-0.1, -0.05) is 13.3 Å². The average molecular weight is 266 g/mol. The van der Waals surface area contributed by atoms with Crippen molar-refractivity contribution in [3.05, 3.63) is 0 Å².